The van der Waals surface area contributed by atoms with Crippen LogP contribution in [0.15, 0.2) is 18.7 Å². The van der Waals surface area contributed by atoms with Crippen molar-refractivity contribution in [2.45, 2.75) is 6.42 Å². The molecule has 4 nitrogen and oxygen atoms in total. The van der Waals surface area contributed by atoms with Crippen molar-refractivity contribution in [2.24, 2.45) is 0 Å². The van der Waals surface area contributed by atoms with Gasteiger partial charge in [-0.2, -0.15) is 0 Å². The van der Waals surface area contributed by atoms with E-state index in [9.17, 15) is 15.0 Å². The Labute approximate surface area is 87.4 Å². The predicted octanol–water partition coefficient (Wildman–Crippen LogP) is 1.65. The van der Waals surface area contributed by atoms with Crippen molar-refractivity contribution in [1.29, 1.82) is 0 Å². The van der Waals surface area contributed by atoms with E-state index in [0.717, 1.165) is 0 Å². The topological polar surface area (TPSA) is 66.8 Å². The molecule has 1 aromatic rings. The van der Waals surface area contributed by atoms with Crippen LogP contribution in [0.3, 0.4) is 0 Å². The summed E-state index contributed by atoms with van der Waals surface area (Å²) in [6.07, 6.45) is 2.30. The summed E-state index contributed by atoms with van der Waals surface area (Å²) in [5, 5.41) is 19.2. The van der Waals surface area contributed by atoms with Crippen molar-refractivity contribution in [3.05, 3.63) is 29.8 Å². The normalized spacial score (nSPS) is 9.67. The average molecular weight is 208 g/mol. The van der Waals surface area contributed by atoms with Gasteiger partial charge in [0.05, 0.1) is 12.7 Å². The Kier molecular flexibility index (Phi) is 3.33. The second-order valence-corrected chi connectivity index (χ2v) is 2.95. The van der Waals surface area contributed by atoms with Crippen LogP contribution in [-0.2, 0) is 6.42 Å². The zero-order valence-electron chi connectivity index (χ0n) is 8.36. The minimum Gasteiger partial charge on any atom is -0.507 e. The standard InChI is InChI=1S/C11H12O4/c1-3-4-7-8(6-12)9(13)5-10(15-2)11(7)14/h3,5-6,13-14H,1,4H2,2H3. The first-order valence-corrected chi connectivity index (χ1v) is 4.33. The molecule has 1 aromatic carbocycles. The molecule has 0 aliphatic rings. The lowest BCUT2D eigenvalue weighted by molar-refractivity contribution is 0.111. The van der Waals surface area contributed by atoms with Crippen molar-refractivity contribution in [3.63, 3.8) is 0 Å². The maximum Gasteiger partial charge on any atom is 0.164 e. The molecule has 0 saturated carbocycles. The summed E-state index contributed by atoms with van der Waals surface area (Å²) in [6, 6.07) is 1.20. The number of hydrogen-bond donors (Lipinski definition) is 2. The Morgan fingerprint density at radius 2 is 2.20 bits per heavy atom. The van der Waals surface area contributed by atoms with Gasteiger partial charge in [0.15, 0.2) is 17.8 Å². The molecule has 0 spiro atoms. The second-order valence-electron chi connectivity index (χ2n) is 2.95. The largest absolute Gasteiger partial charge is 0.507 e. The van der Waals surface area contributed by atoms with E-state index in [-0.39, 0.29) is 29.2 Å². The van der Waals surface area contributed by atoms with Crippen LogP contribution in [0.2, 0.25) is 0 Å². The number of allylic oxidation sites excluding steroid dienone is 1. The molecule has 15 heavy (non-hydrogen) atoms. The molecular weight excluding hydrogens is 196 g/mol. The number of carbonyl (C=O) groups is 1. The summed E-state index contributed by atoms with van der Waals surface area (Å²) < 4.78 is 4.85. The van der Waals surface area contributed by atoms with Gasteiger partial charge in [0.25, 0.3) is 0 Å². The number of methoxy groups -OCH3 is 1. The molecule has 0 bridgehead atoms. The summed E-state index contributed by atoms with van der Waals surface area (Å²) >= 11 is 0. The first-order chi connectivity index (χ1) is 7.15. The maximum atomic E-state index is 10.7. The van der Waals surface area contributed by atoms with E-state index in [0.29, 0.717) is 11.8 Å². The van der Waals surface area contributed by atoms with Crippen molar-refractivity contribution < 1.29 is 19.7 Å². The minimum absolute atomic E-state index is 0.0631. The van der Waals surface area contributed by atoms with Crippen molar-refractivity contribution in [2.75, 3.05) is 7.11 Å². The summed E-state index contributed by atoms with van der Waals surface area (Å²) in [6.45, 7) is 3.51. The Balaban J connectivity index is 3.46. The zero-order chi connectivity index (χ0) is 11.4. The number of ether oxygens (including phenoxy) is 1. The lowest BCUT2D eigenvalue weighted by Gasteiger charge is -2.11. The van der Waals surface area contributed by atoms with Crippen LogP contribution in [0.25, 0.3) is 0 Å². The van der Waals surface area contributed by atoms with E-state index in [1.807, 2.05) is 0 Å². The lowest BCUT2D eigenvalue weighted by atomic mass is 10.0. The van der Waals surface area contributed by atoms with Gasteiger partial charge in [-0.25, -0.2) is 0 Å². The predicted molar refractivity (Wildman–Crippen MR) is 55.6 cm³/mol. The van der Waals surface area contributed by atoms with Crippen LogP contribution in [0.4, 0.5) is 0 Å². The van der Waals surface area contributed by atoms with Crippen LogP contribution >= 0.6 is 0 Å². The molecule has 0 heterocycles. The highest BCUT2D eigenvalue weighted by atomic mass is 16.5. The van der Waals surface area contributed by atoms with Gasteiger partial charge in [0, 0.05) is 11.6 Å². The van der Waals surface area contributed by atoms with Crippen LogP contribution < -0.4 is 4.74 Å². The number of phenolic OH excluding ortho intramolecular Hbond substituents is 2. The third kappa shape index (κ3) is 1.93. The van der Waals surface area contributed by atoms with Crippen molar-refractivity contribution >= 4 is 6.29 Å². The number of rotatable bonds is 4. The van der Waals surface area contributed by atoms with Gasteiger partial charge in [-0.05, 0) is 6.42 Å². The van der Waals surface area contributed by atoms with Crippen LogP contribution in [0.5, 0.6) is 17.2 Å². The first kappa shape index (κ1) is 11.1. The lowest BCUT2D eigenvalue weighted by Crippen LogP contribution is -1.96. The van der Waals surface area contributed by atoms with Crippen LogP contribution in [0.1, 0.15) is 15.9 Å². The minimum atomic E-state index is -0.212. The van der Waals surface area contributed by atoms with E-state index < -0.39 is 0 Å². The molecule has 4 heteroatoms. The molecule has 0 aliphatic carbocycles. The van der Waals surface area contributed by atoms with Crippen LogP contribution in [0, 0.1) is 0 Å². The number of carbonyl (C=O) groups excluding carboxylic acids is 1. The highest BCUT2D eigenvalue weighted by Gasteiger charge is 2.16. The van der Waals surface area contributed by atoms with E-state index in [4.69, 9.17) is 4.74 Å². The molecule has 80 valence electrons. The summed E-state index contributed by atoms with van der Waals surface area (Å²) in [5.41, 5.74) is 0.380. The van der Waals surface area contributed by atoms with Crippen molar-refractivity contribution in [3.8, 4) is 17.2 Å². The number of benzene rings is 1. The van der Waals surface area contributed by atoms with Gasteiger partial charge < -0.3 is 14.9 Å². The quantitative estimate of drug-likeness (QED) is 0.448. The molecule has 1 rings (SSSR count). The number of aldehydes is 1. The van der Waals surface area contributed by atoms with E-state index in [2.05, 4.69) is 6.58 Å². The molecule has 0 aromatic heterocycles. The van der Waals surface area contributed by atoms with Gasteiger partial charge in [-0.3, -0.25) is 4.79 Å². The fourth-order valence-electron chi connectivity index (χ4n) is 1.34. The fraction of sp³-hybridized carbons (Fsp3) is 0.182. The molecule has 0 atom stereocenters. The van der Waals surface area contributed by atoms with E-state index in [1.165, 1.54) is 19.3 Å². The van der Waals surface area contributed by atoms with Gasteiger partial charge in [-0.1, -0.05) is 6.08 Å². The first-order valence-electron chi connectivity index (χ1n) is 4.33. The summed E-state index contributed by atoms with van der Waals surface area (Å²) in [7, 11) is 1.37. The van der Waals surface area contributed by atoms with Gasteiger partial charge in [0.1, 0.15) is 5.75 Å². The Bertz CT molecular complexity index is 396. The highest BCUT2D eigenvalue weighted by molar-refractivity contribution is 5.84. The Morgan fingerprint density at radius 3 is 2.67 bits per heavy atom. The second kappa shape index (κ2) is 4.50. The average Bonchev–Trinajstić information content (AvgIpc) is 2.23. The zero-order valence-corrected chi connectivity index (χ0v) is 8.36. The maximum absolute atomic E-state index is 10.7. The van der Waals surface area contributed by atoms with Crippen LogP contribution in [-0.4, -0.2) is 23.6 Å². The fourth-order valence-corrected chi connectivity index (χ4v) is 1.34. The van der Waals surface area contributed by atoms with E-state index >= 15 is 0 Å². The van der Waals surface area contributed by atoms with E-state index in [1.54, 1.807) is 0 Å². The van der Waals surface area contributed by atoms with Crippen molar-refractivity contribution in [1.82, 2.24) is 0 Å². The summed E-state index contributed by atoms with van der Waals surface area (Å²) in [4.78, 5) is 10.7. The Hall–Kier alpha value is -1.97. The molecule has 0 amide bonds. The number of phenols is 2. The van der Waals surface area contributed by atoms with Gasteiger partial charge >= 0.3 is 0 Å². The van der Waals surface area contributed by atoms with Gasteiger partial charge in [0.2, 0.25) is 0 Å². The van der Waals surface area contributed by atoms with Gasteiger partial charge in [-0.15, -0.1) is 6.58 Å². The monoisotopic (exact) mass is 208 g/mol. The third-order valence-corrected chi connectivity index (χ3v) is 2.07. The molecule has 0 fully saturated rings. The number of aromatic hydroxyl groups is 2. The molecule has 2 N–H and O–H groups in total. The Morgan fingerprint density at radius 1 is 1.53 bits per heavy atom. The molecule has 0 saturated heterocycles. The number of hydrogen-bond acceptors (Lipinski definition) is 4. The molecule has 0 radical (unpaired) electrons. The molecule has 0 aliphatic heterocycles. The summed E-state index contributed by atoms with van der Waals surface area (Å²) in [5.74, 6) is -0.219. The third-order valence-electron chi connectivity index (χ3n) is 2.07. The smallest absolute Gasteiger partial charge is 0.164 e. The molecular formula is C11H12O4. The highest BCUT2D eigenvalue weighted by Crippen LogP contribution is 2.37. The SMILES string of the molecule is C=CCc1c(O)c(OC)cc(O)c1C=O. The molecule has 0 unspecified atom stereocenters.